The van der Waals surface area contributed by atoms with E-state index in [2.05, 4.69) is 4.98 Å². The second-order valence-electron chi connectivity index (χ2n) is 4.53. The fourth-order valence-corrected chi connectivity index (χ4v) is 3.07. The third-order valence-electron chi connectivity index (χ3n) is 3.26. The molecule has 102 valence electrons. The zero-order valence-corrected chi connectivity index (χ0v) is 11.4. The number of nitrogens with zero attached hydrogens (tertiary/aromatic N) is 2. The number of carboxylic acids is 1. The van der Waals surface area contributed by atoms with Crippen molar-refractivity contribution < 1.29 is 14.7 Å². The van der Waals surface area contributed by atoms with Gasteiger partial charge in [0.2, 0.25) is 0 Å². The summed E-state index contributed by atoms with van der Waals surface area (Å²) in [7, 11) is 0. The van der Waals surface area contributed by atoms with Crippen LogP contribution in [0, 0.1) is 0 Å². The summed E-state index contributed by atoms with van der Waals surface area (Å²) in [4.78, 5) is 28.9. The molecule has 0 aliphatic carbocycles. The van der Waals surface area contributed by atoms with Crippen LogP contribution >= 0.6 is 11.3 Å². The topological polar surface area (TPSA) is 70.5 Å². The van der Waals surface area contributed by atoms with Crippen molar-refractivity contribution in [1.82, 2.24) is 4.98 Å². The van der Waals surface area contributed by atoms with E-state index in [1.54, 1.807) is 4.90 Å². The van der Waals surface area contributed by atoms with Crippen LogP contribution in [0.3, 0.4) is 0 Å². The van der Waals surface area contributed by atoms with E-state index in [9.17, 15) is 9.59 Å². The number of aryl methyl sites for hydroxylation is 1. The Bertz CT molecular complexity index is 681. The Morgan fingerprint density at radius 2 is 2.10 bits per heavy atom. The molecule has 2 heterocycles. The van der Waals surface area contributed by atoms with Crippen LogP contribution in [-0.2, 0) is 6.42 Å². The number of aromatic carboxylic acids is 1. The van der Waals surface area contributed by atoms with Gasteiger partial charge >= 0.3 is 5.97 Å². The van der Waals surface area contributed by atoms with Crippen molar-refractivity contribution >= 4 is 28.9 Å². The highest BCUT2D eigenvalue weighted by molar-refractivity contribution is 7.12. The highest BCUT2D eigenvalue weighted by atomic mass is 32.1. The third kappa shape index (κ3) is 2.18. The van der Waals surface area contributed by atoms with Crippen molar-refractivity contribution in [2.45, 2.75) is 12.8 Å². The first-order valence-corrected chi connectivity index (χ1v) is 7.13. The lowest BCUT2D eigenvalue weighted by atomic mass is 10.0. The molecule has 2 aromatic rings. The zero-order chi connectivity index (χ0) is 14.1. The summed E-state index contributed by atoms with van der Waals surface area (Å²) in [5.74, 6) is -1.34. The number of carboxylic acid groups (broad SMARTS) is 1. The summed E-state index contributed by atoms with van der Waals surface area (Å²) in [6.45, 7) is 0.637. The van der Waals surface area contributed by atoms with Crippen LogP contribution in [0.15, 0.2) is 29.6 Å². The van der Waals surface area contributed by atoms with Crippen LogP contribution in [0.4, 0.5) is 5.69 Å². The Labute approximate surface area is 119 Å². The molecule has 20 heavy (non-hydrogen) atoms. The third-order valence-corrected chi connectivity index (χ3v) is 4.09. The summed E-state index contributed by atoms with van der Waals surface area (Å²) < 4.78 is 0. The van der Waals surface area contributed by atoms with Crippen molar-refractivity contribution in [2.24, 2.45) is 0 Å². The summed E-state index contributed by atoms with van der Waals surface area (Å²) >= 11 is 1.07. The Kier molecular flexibility index (Phi) is 3.23. The molecule has 0 spiro atoms. The molecule has 0 saturated heterocycles. The maximum Gasteiger partial charge on any atom is 0.355 e. The molecule has 0 fully saturated rings. The first-order chi connectivity index (χ1) is 9.66. The van der Waals surface area contributed by atoms with E-state index >= 15 is 0 Å². The lowest BCUT2D eigenvalue weighted by molar-refractivity contribution is 0.0691. The van der Waals surface area contributed by atoms with Crippen molar-refractivity contribution in [3.8, 4) is 0 Å². The molecule has 0 radical (unpaired) electrons. The molecule has 1 aliphatic heterocycles. The van der Waals surface area contributed by atoms with Crippen molar-refractivity contribution in [3.05, 3.63) is 45.9 Å². The molecular weight excluding hydrogens is 276 g/mol. The van der Waals surface area contributed by atoms with Gasteiger partial charge in [0.25, 0.3) is 5.91 Å². The maximum absolute atomic E-state index is 12.5. The summed E-state index contributed by atoms with van der Waals surface area (Å²) in [6, 6.07) is 7.78. The molecular formula is C14H12N2O3S. The molecule has 0 atom stereocenters. The fraction of sp³-hybridized carbons (Fsp3) is 0.214. The molecule has 1 aromatic carbocycles. The fourth-order valence-electron chi connectivity index (χ4n) is 2.33. The van der Waals surface area contributed by atoms with Crippen LogP contribution in [-0.4, -0.2) is 28.5 Å². The van der Waals surface area contributed by atoms with Crippen LogP contribution in [0.2, 0.25) is 0 Å². The number of benzene rings is 1. The van der Waals surface area contributed by atoms with Crippen molar-refractivity contribution in [3.63, 3.8) is 0 Å². The highest BCUT2D eigenvalue weighted by Gasteiger charge is 2.25. The minimum Gasteiger partial charge on any atom is -0.476 e. The number of fused-ring (bicyclic) bond motifs is 1. The number of aromatic nitrogens is 1. The van der Waals surface area contributed by atoms with Gasteiger partial charge in [-0.1, -0.05) is 18.2 Å². The number of rotatable bonds is 2. The number of para-hydroxylation sites is 1. The van der Waals surface area contributed by atoms with E-state index < -0.39 is 5.97 Å². The van der Waals surface area contributed by atoms with Crippen LogP contribution in [0.25, 0.3) is 0 Å². The Balaban J connectivity index is 1.93. The zero-order valence-electron chi connectivity index (χ0n) is 10.6. The minimum atomic E-state index is -1.11. The smallest absolute Gasteiger partial charge is 0.355 e. The van der Waals surface area contributed by atoms with Gasteiger partial charge in [0.05, 0.1) is 0 Å². The van der Waals surface area contributed by atoms with Gasteiger partial charge in [-0.25, -0.2) is 9.78 Å². The molecule has 0 saturated carbocycles. The number of thiazole rings is 1. The van der Waals surface area contributed by atoms with E-state index in [0.717, 1.165) is 35.4 Å². The molecule has 3 rings (SSSR count). The lowest BCUT2D eigenvalue weighted by Gasteiger charge is -2.28. The number of amides is 1. The second kappa shape index (κ2) is 5.05. The van der Waals surface area contributed by atoms with E-state index in [1.165, 1.54) is 5.38 Å². The first kappa shape index (κ1) is 12.8. The monoisotopic (exact) mass is 288 g/mol. The van der Waals surface area contributed by atoms with Gasteiger partial charge in [0.1, 0.15) is 0 Å². The van der Waals surface area contributed by atoms with Gasteiger partial charge in [-0.15, -0.1) is 11.3 Å². The number of hydrogen-bond acceptors (Lipinski definition) is 4. The Hall–Kier alpha value is -2.21. The number of carbonyl (C=O) groups excluding carboxylic acids is 1. The maximum atomic E-state index is 12.5. The van der Waals surface area contributed by atoms with Gasteiger partial charge in [-0.05, 0) is 24.5 Å². The Morgan fingerprint density at radius 1 is 1.30 bits per heavy atom. The predicted molar refractivity (Wildman–Crippen MR) is 75.5 cm³/mol. The van der Waals surface area contributed by atoms with Gasteiger partial charge < -0.3 is 10.0 Å². The normalized spacial score (nSPS) is 13.9. The van der Waals surface area contributed by atoms with E-state index in [0.29, 0.717) is 6.54 Å². The van der Waals surface area contributed by atoms with Crippen LogP contribution in [0.1, 0.15) is 32.3 Å². The molecule has 1 aliphatic rings. The summed E-state index contributed by atoms with van der Waals surface area (Å²) in [5, 5.41) is 10.5. The number of hydrogen-bond donors (Lipinski definition) is 1. The Morgan fingerprint density at radius 3 is 2.85 bits per heavy atom. The van der Waals surface area contributed by atoms with Crippen molar-refractivity contribution in [1.29, 1.82) is 0 Å². The lowest BCUT2D eigenvalue weighted by Crippen LogP contribution is -2.35. The highest BCUT2D eigenvalue weighted by Crippen LogP contribution is 2.28. The first-order valence-electron chi connectivity index (χ1n) is 6.25. The van der Waals surface area contributed by atoms with E-state index in [1.807, 2.05) is 24.3 Å². The number of anilines is 1. The van der Waals surface area contributed by atoms with Gasteiger partial charge in [0, 0.05) is 17.6 Å². The molecule has 6 heteroatoms. The number of carbonyl (C=O) groups is 2. The quantitative estimate of drug-likeness (QED) is 0.921. The average molecular weight is 288 g/mol. The van der Waals surface area contributed by atoms with Gasteiger partial charge in [-0.2, -0.15) is 0 Å². The van der Waals surface area contributed by atoms with Gasteiger partial charge in [0.15, 0.2) is 10.7 Å². The summed E-state index contributed by atoms with van der Waals surface area (Å²) in [6.07, 6.45) is 1.86. The standard InChI is InChI=1S/C14H12N2O3S/c17-13(12-15-10(8-20-12)14(18)19)16-7-3-5-9-4-1-2-6-11(9)16/h1-2,4,6,8H,3,5,7H2,(H,18,19). The molecule has 5 nitrogen and oxygen atoms in total. The second-order valence-corrected chi connectivity index (χ2v) is 5.39. The SMILES string of the molecule is O=C(O)c1csc(C(=O)N2CCCc3ccccc32)n1. The van der Waals surface area contributed by atoms with Crippen LogP contribution < -0.4 is 4.90 Å². The van der Waals surface area contributed by atoms with Gasteiger partial charge in [-0.3, -0.25) is 4.79 Å². The molecule has 0 unspecified atom stereocenters. The van der Waals surface area contributed by atoms with Crippen LogP contribution in [0.5, 0.6) is 0 Å². The van der Waals surface area contributed by atoms with Crippen molar-refractivity contribution in [2.75, 3.05) is 11.4 Å². The van der Waals surface area contributed by atoms with E-state index in [-0.39, 0.29) is 16.6 Å². The molecule has 1 N–H and O–H groups in total. The minimum absolute atomic E-state index is 0.0800. The molecule has 0 bridgehead atoms. The molecule has 1 amide bonds. The predicted octanol–water partition coefficient (Wildman–Crippen LogP) is 2.43. The average Bonchev–Trinajstić information content (AvgIpc) is 2.96. The molecule has 1 aromatic heterocycles. The largest absolute Gasteiger partial charge is 0.476 e. The van der Waals surface area contributed by atoms with E-state index in [4.69, 9.17) is 5.11 Å². The summed E-state index contributed by atoms with van der Waals surface area (Å²) in [5.41, 5.74) is 1.96.